The van der Waals surface area contributed by atoms with E-state index >= 15 is 0 Å². The quantitative estimate of drug-likeness (QED) is 0.892. The van der Waals surface area contributed by atoms with Gasteiger partial charge < -0.3 is 9.52 Å². The number of aliphatic hydroxyl groups excluding tert-OH is 1. The summed E-state index contributed by atoms with van der Waals surface area (Å²) in [6.45, 7) is 1.45. The summed E-state index contributed by atoms with van der Waals surface area (Å²) in [4.78, 5) is 0. The molecule has 2 aromatic rings. The molecule has 0 saturated carbocycles. The molecule has 1 heterocycles. The smallest absolute Gasteiger partial charge is 0.295 e. The van der Waals surface area contributed by atoms with Crippen molar-refractivity contribution in [3.63, 3.8) is 0 Å². The molecule has 5 nitrogen and oxygen atoms in total. The van der Waals surface area contributed by atoms with Crippen LogP contribution in [0.2, 0.25) is 0 Å². The second-order valence-electron chi connectivity index (χ2n) is 3.90. The van der Waals surface area contributed by atoms with E-state index in [2.05, 4.69) is 20.7 Å². The summed E-state index contributed by atoms with van der Waals surface area (Å²) in [6.07, 6.45) is 0. The maximum absolute atomic E-state index is 12.1. The highest BCUT2D eigenvalue weighted by Crippen LogP contribution is 2.26. The summed E-state index contributed by atoms with van der Waals surface area (Å²) < 4.78 is 32.5. The maximum atomic E-state index is 12.1. The SMILES string of the molecule is Cc1c(Br)cccc1NS(=O)(=O)c1ccc(CO)o1. The number of aliphatic hydroxyl groups is 1. The van der Waals surface area contributed by atoms with Gasteiger partial charge in [-0.15, -0.1) is 0 Å². The van der Waals surface area contributed by atoms with Crippen LogP contribution in [0, 0.1) is 6.92 Å². The number of nitrogens with one attached hydrogen (secondary N) is 1. The first-order chi connectivity index (χ1) is 8.94. The molecule has 2 N–H and O–H groups in total. The van der Waals surface area contributed by atoms with E-state index in [0.717, 1.165) is 10.0 Å². The lowest BCUT2D eigenvalue weighted by Crippen LogP contribution is -2.13. The minimum atomic E-state index is -3.79. The monoisotopic (exact) mass is 345 g/mol. The van der Waals surface area contributed by atoms with Gasteiger partial charge in [-0.2, -0.15) is 8.42 Å². The average Bonchev–Trinajstić information content (AvgIpc) is 2.84. The van der Waals surface area contributed by atoms with Gasteiger partial charge in [0.15, 0.2) is 0 Å². The second kappa shape index (κ2) is 5.36. The van der Waals surface area contributed by atoms with Crippen LogP contribution in [0.4, 0.5) is 5.69 Å². The Morgan fingerprint density at radius 1 is 1.32 bits per heavy atom. The van der Waals surface area contributed by atoms with Gasteiger partial charge in [-0.05, 0) is 36.8 Å². The minimum Gasteiger partial charge on any atom is -0.445 e. The molecule has 0 radical (unpaired) electrons. The highest BCUT2D eigenvalue weighted by atomic mass is 79.9. The summed E-state index contributed by atoms with van der Waals surface area (Å²) in [5.74, 6) is 0.200. The fourth-order valence-electron chi connectivity index (χ4n) is 1.50. The summed E-state index contributed by atoms with van der Waals surface area (Å²) >= 11 is 3.33. The van der Waals surface area contributed by atoms with Gasteiger partial charge in [-0.25, -0.2) is 0 Å². The minimum absolute atomic E-state index is 0.200. The molecule has 0 fully saturated rings. The number of sulfonamides is 1. The largest absolute Gasteiger partial charge is 0.445 e. The van der Waals surface area contributed by atoms with E-state index in [1.54, 1.807) is 19.1 Å². The van der Waals surface area contributed by atoms with Crippen LogP contribution in [0.5, 0.6) is 0 Å². The molecular weight excluding hydrogens is 334 g/mol. The van der Waals surface area contributed by atoms with Crippen molar-refractivity contribution in [3.8, 4) is 0 Å². The molecule has 2 rings (SSSR count). The summed E-state index contributed by atoms with van der Waals surface area (Å²) in [5, 5.41) is 8.65. The van der Waals surface area contributed by atoms with Gasteiger partial charge in [0.25, 0.3) is 10.0 Å². The predicted octanol–water partition coefficient (Wildman–Crippen LogP) is 2.64. The van der Waals surface area contributed by atoms with Gasteiger partial charge in [-0.1, -0.05) is 22.0 Å². The lowest BCUT2D eigenvalue weighted by molar-refractivity contribution is 0.236. The molecule has 0 aliphatic carbocycles. The first-order valence-electron chi connectivity index (χ1n) is 5.41. The zero-order valence-electron chi connectivity index (χ0n) is 10.1. The molecule has 1 aromatic carbocycles. The molecule has 7 heteroatoms. The van der Waals surface area contributed by atoms with Crippen molar-refractivity contribution in [2.24, 2.45) is 0 Å². The third-order valence-electron chi connectivity index (χ3n) is 2.57. The lowest BCUT2D eigenvalue weighted by atomic mass is 10.2. The van der Waals surface area contributed by atoms with E-state index in [1.807, 2.05) is 6.07 Å². The summed E-state index contributed by atoms with van der Waals surface area (Å²) in [6, 6.07) is 7.94. The average molecular weight is 346 g/mol. The Hall–Kier alpha value is -1.31. The van der Waals surface area contributed by atoms with Crippen LogP contribution in [0.25, 0.3) is 0 Å². The van der Waals surface area contributed by atoms with Crippen LogP contribution in [-0.4, -0.2) is 13.5 Å². The number of furan rings is 1. The number of benzene rings is 1. The molecule has 1 aromatic heterocycles. The Kier molecular flexibility index (Phi) is 3.98. The Balaban J connectivity index is 2.33. The van der Waals surface area contributed by atoms with Crippen LogP contribution >= 0.6 is 15.9 Å². The molecule has 0 spiro atoms. The molecule has 0 aliphatic heterocycles. The highest BCUT2D eigenvalue weighted by Gasteiger charge is 2.19. The Bertz CT molecular complexity index is 694. The van der Waals surface area contributed by atoms with E-state index < -0.39 is 10.0 Å². The van der Waals surface area contributed by atoms with Gasteiger partial charge in [0.2, 0.25) is 5.09 Å². The molecule has 0 amide bonds. The Labute approximate surface area is 119 Å². The van der Waals surface area contributed by atoms with Gasteiger partial charge in [-0.3, -0.25) is 4.72 Å². The lowest BCUT2D eigenvalue weighted by Gasteiger charge is -2.09. The van der Waals surface area contributed by atoms with Gasteiger partial charge in [0.1, 0.15) is 12.4 Å². The van der Waals surface area contributed by atoms with E-state index in [9.17, 15) is 8.42 Å². The zero-order valence-corrected chi connectivity index (χ0v) is 12.5. The molecular formula is C12H12BrNO4S. The topological polar surface area (TPSA) is 79.5 Å². The number of rotatable bonds is 4. The predicted molar refractivity (Wildman–Crippen MR) is 74.3 cm³/mol. The number of hydrogen-bond donors (Lipinski definition) is 2. The fraction of sp³-hybridized carbons (Fsp3) is 0.167. The molecule has 0 saturated heterocycles. The van der Waals surface area contributed by atoms with E-state index in [-0.39, 0.29) is 17.5 Å². The van der Waals surface area contributed by atoms with Crippen molar-refractivity contribution in [2.45, 2.75) is 18.6 Å². The third kappa shape index (κ3) is 2.99. The summed E-state index contributed by atoms with van der Waals surface area (Å²) in [7, 11) is -3.79. The van der Waals surface area contributed by atoms with Gasteiger partial charge in [0.05, 0.1) is 5.69 Å². The number of hydrogen-bond acceptors (Lipinski definition) is 4. The van der Waals surface area contributed by atoms with Gasteiger partial charge in [0, 0.05) is 4.47 Å². The third-order valence-corrected chi connectivity index (χ3v) is 4.67. The summed E-state index contributed by atoms with van der Waals surface area (Å²) in [5.41, 5.74) is 1.25. The van der Waals surface area contributed by atoms with Crippen molar-refractivity contribution in [3.05, 3.63) is 46.1 Å². The van der Waals surface area contributed by atoms with Crippen molar-refractivity contribution < 1.29 is 17.9 Å². The van der Waals surface area contributed by atoms with E-state index in [0.29, 0.717) is 5.69 Å². The molecule has 102 valence electrons. The number of anilines is 1. The van der Waals surface area contributed by atoms with Crippen LogP contribution in [-0.2, 0) is 16.6 Å². The zero-order chi connectivity index (χ0) is 14.0. The normalized spacial score (nSPS) is 11.5. The van der Waals surface area contributed by atoms with Crippen molar-refractivity contribution in [2.75, 3.05) is 4.72 Å². The Morgan fingerprint density at radius 2 is 2.05 bits per heavy atom. The highest BCUT2D eigenvalue weighted by molar-refractivity contribution is 9.10. The van der Waals surface area contributed by atoms with Crippen LogP contribution in [0.1, 0.15) is 11.3 Å². The maximum Gasteiger partial charge on any atom is 0.295 e. The molecule has 0 unspecified atom stereocenters. The first kappa shape index (κ1) is 14.1. The van der Waals surface area contributed by atoms with E-state index in [1.165, 1.54) is 12.1 Å². The van der Waals surface area contributed by atoms with Crippen LogP contribution < -0.4 is 4.72 Å². The van der Waals surface area contributed by atoms with Crippen LogP contribution in [0.15, 0.2) is 44.3 Å². The second-order valence-corrected chi connectivity index (χ2v) is 6.36. The number of halogens is 1. The molecule has 0 bridgehead atoms. The standard InChI is InChI=1S/C12H12BrNO4S/c1-8-10(13)3-2-4-11(8)14-19(16,17)12-6-5-9(7-15)18-12/h2-6,14-15H,7H2,1H3. The van der Waals surface area contributed by atoms with E-state index in [4.69, 9.17) is 9.52 Å². The van der Waals surface area contributed by atoms with Crippen molar-refractivity contribution >= 4 is 31.6 Å². The van der Waals surface area contributed by atoms with Crippen LogP contribution in [0.3, 0.4) is 0 Å². The molecule has 19 heavy (non-hydrogen) atoms. The van der Waals surface area contributed by atoms with Crippen molar-refractivity contribution in [1.29, 1.82) is 0 Å². The first-order valence-corrected chi connectivity index (χ1v) is 7.69. The molecule has 0 atom stereocenters. The molecule has 0 aliphatic rings. The van der Waals surface area contributed by atoms with Gasteiger partial charge >= 0.3 is 0 Å². The van der Waals surface area contributed by atoms with Crippen molar-refractivity contribution in [1.82, 2.24) is 0 Å². The fourth-order valence-corrected chi connectivity index (χ4v) is 2.94. The Morgan fingerprint density at radius 3 is 2.68 bits per heavy atom.